The molecule has 0 bridgehead atoms. The Hall–Kier alpha value is -0.0800. The Balaban J connectivity index is 2.48. The quantitative estimate of drug-likeness (QED) is 0.599. The zero-order valence-electron chi connectivity index (χ0n) is 6.76. The van der Waals surface area contributed by atoms with E-state index >= 15 is 0 Å². The second-order valence-electron chi connectivity index (χ2n) is 3.41. The molecule has 2 nitrogen and oxygen atoms in total. The van der Waals surface area contributed by atoms with Gasteiger partial charge in [-0.25, -0.2) is 0 Å². The summed E-state index contributed by atoms with van der Waals surface area (Å²) < 4.78 is 5.20. The molecule has 1 fully saturated rings. The Morgan fingerprint density at radius 3 is 2.50 bits per heavy atom. The van der Waals surface area contributed by atoms with Crippen LogP contribution in [0.1, 0.15) is 26.7 Å². The van der Waals surface area contributed by atoms with Crippen LogP contribution >= 0.6 is 0 Å². The van der Waals surface area contributed by atoms with Gasteiger partial charge in [0.25, 0.3) is 0 Å². The number of rotatable bonds is 1. The maximum atomic E-state index is 9.82. The molecule has 1 aliphatic rings. The van der Waals surface area contributed by atoms with Crippen molar-refractivity contribution in [3.8, 4) is 0 Å². The molecule has 0 aromatic rings. The van der Waals surface area contributed by atoms with Gasteiger partial charge in [-0.15, -0.1) is 0 Å². The van der Waals surface area contributed by atoms with E-state index in [4.69, 9.17) is 4.74 Å². The van der Waals surface area contributed by atoms with Gasteiger partial charge < -0.3 is 9.84 Å². The third kappa shape index (κ3) is 1.50. The van der Waals surface area contributed by atoms with Crippen molar-refractivity contribution in [1.82, 2.24) is 0 Å². The number of ether oxygens (including phenoxy) is 1. The number of hydrogen-bond acceptors (Lipinski definition) is 2. The van der Waals surface area contributed by atoms with E-state index < -0.39 is 5.60 Å². The van der Waals surface area contributed by atoms with Gasteiger partial charge in [0.15, 0.2) is 0 Å². The number of hydrogen-bond donors (Lipinski definition) is 1. The summed E-state index contributed by atoms with van der Waals surface area (Å²) in [5.74, 6) is 0.313. The summed E-state index contributed by atoms with van der Waals surface area (Å²) in [5.41, 5.74) is -0.543. The molecule has 0 aliphatic carbocycles. The first-order valence-corrected chi connectivity index (χ1v) is 3.95. The minimum Gasteiger partial charge on any atom is -0.387 e. The van der Waals surface area contributed by atoms with Gasteiger partial charge in [0, 0.05) is 6.61 Å². The van der Waals surface area contributed by atoms with Gasteiger partial charge >= 0.3 is 0 Å². The molecule has 2 heteroatoms. The molecule has 1 rings (SSSR count). The average molecular weight is 144 g/mol. The van der Waals surface area contributed by atoms with Gasteiger partial charge in [0.05, 0.1) is 12.2 Å². The minimum atomic E-state index is -0.543. The highest BCUT2D eigenvalue weighted by atomic mass is 16.5. The van der Waals surface area contributed by atoms with Crippen molar-refractivity contribution in [2.75, 3.05) is 13.2 Å². The van der Waals surface area contributed by atoms with Crippen molar-refractivity contribution < 1.29 is 9.84 Å². The van der Waals surface area contributed by atoms with Crippen molar-refractivity contribution in [3.63, 3.8) is 0 Å². The van der Waals surface area contributed by atoms with Crippen LogP contribution in [0.25, 0.3) is 0 Å². The SMILES string of the molecule is CC(C)C1(O)CCCOC1. The molecule has 1 heterocycles. The van der Waals surface area contributed by atoms with E-state index in [1.165, 1.54) is 0 Å². The van der Waals surface area contributed by atoms with Gasteiger partial charge in [0.1, 0.15) is 0 Å². The third-order valence-corrected chi connectivity index (χ3v) is 2.33. The maximum absolute atomic E-state index is 9.82. The van der Waals surface area contributed by atoms with E-state index in [0.29, 0.717) is 12.5 Å². The van der Waals surface area contributed by atoms with Crippen LogP contribution in [0, 0.1) is 5.92 Å². The molecule has 1 atom stereocenters. The molecule has 1 saturated heterocycles. The average Bonchev–Trinajstić information content (AvgIpc) is 1.89. The van der Waals surface area contributed by atoms with Crippen molar-refractivity contribution in [3.05, 3.63) is 0 Å². The van der Waals surface area contributed by atoms with E-state index in [0.717, 1.165) is 19.4 Å². The van der Waals surface area contributed by atoms with Crippen molar-refractivity contribution in [1.29, 1.82) is 0 Å². The monoisotopic (exact) mass is 144 g/mol. The Kier molecular flexibility index (Phi) is 2.32. The van der Waals surface area contributed by atoms with Crippen LogP contribution in [0.4, 0.5) is 0 Å². The molecule has 0 saturated carbocycles. The highest BCUT2D eigenvalue weighted by Gasteiger charge is 2.32. The highest BCUT2D eigenvalue weighted by Crippen LogP contribution is 2.26. The molecule has 0 amide bonds. The van der Waals surface area contributed by atoms with Crippen LogP contribution in [0.15, 0.2) is 0 Å². The van der Waals surface area contributed by atoms with Gasteiger partial charge in [-0.2, -0.15) is 0 Å². The molecule has 0 spiro atoms. The van der Waals surface area contributed by atoms with Gasteiger partial charge in [-0.3, -0.25) is 0 Å². The summed E-state index contributed by atoms with van der Waals surface area (Å²) in [6.45, 7) is 5.41. The molecular formula is C8H16O2. The van der Waals surface area contributed by atoms with Gasteiger partial charge in [0.2, 0.25) is 0 Å². The molecule has 0 radical (unpaired) electrons. The smallest absolute Gasteiger partial charge is 0.0903 e. The van der Waals surface area contributed by atoms with Crippen LogP contribution in [-0.2, 0) is 4.74 Å². The Labute approximate surface area is 62.2 Å². The third-order valence-electron chi connectivity index (χ3n) is 2.33. The summed E-state index contributed by atoms with van der Waals surface area (Å²) in [6.07, 6.45) is 1.89. The van der Waals surface area contributed by atoms with Crippen LogP contribution in [0.5, 0.6) is 0 Å². The van der Waals surface area contributed by atoms with E-state index in [-0.39, 0.29) is 0 Å². The number of aliphatic hydroxyl groups is 1. The summed E-state index contributed by atoms with van der Waals surface area (Å²) >= 11 is 0. The minimum absolute atomic E-state index is 0.313. The zero-order chi connectivity index (χ0) is 7.61. The standard InChI is InChI=1S/C8H16O2/c1-7(2)8(9)4-3-5-10-6-8/h7,9H,3-6H2,1-2H3. The topological polar surface area (TPSA) is 29.5 Å². The Morgan fingerprint density at radius 2 is 2.20 bits per heavy atom. The van der Waals surface area contributed by atoms with Crippen LogP contribution in [-0.4, -0.2) is 23.9 Å². The molecule has 0 aromatic carbocycles. The Morgan fingerprint density at radius 1 is 1.50 bits per heavy atom. The summed E-state index contributed by atoms with van der Waals surface area (Å²) in [4.78, 5) is 0. The lowest BCUT2D eigenvalue weighted by Gasteiger charge is -2.35. The Bertz CT molecular complexity index is 104. The van der Waals surface area contributed by atoms with Crippen LogP contribution < -0.4 is 0 Å². The lowest BCUT2D eigenvalue weighted by Crippen LogP contribution is -2.43. The molecular weight excluding hydrogens is 128 g/mol. The predicted octanol–water partition coefficient (Wildman–Crippen LogP) is 1.18. The van der Waals surface area contributed by atoms with Crippen molar-refractivity contribution >= 4 is 0 Å². The summed E-state index contributed by atoms with van der Waals surface area (Å²) in [5, 5.41) is 9.82. The van der Waals surface area contributed by atoms with Crippen LogP contribution in [0.3, 0.4) is 0 Å². The zero-order valence-corrected chi connectivity index (χ0v) is 6.76. The highest BCUT2D eigenvalue weighted by molar-refractivity contribution is 4.83. The molecule has 1 unspecified atom stereocenters. The molecule has 0 aromatic heterocycles. The van der Waals surface area contributed by atoms with E-state index in [1.807, 2.05) is 13.8 Å². The fourth-order valence-corrected chi connectivity index (χ4v) is 1.26. The largest absolute Gasteiger partial charge is 0.387 e. The normalized spacial score (nSPS) is 34.8. The first kappa shape index (κ1) is 8.02. The van der Waals surface area contributed by atoms with E-state index in [2.05, 4.69) is 0 Å². The fraction of sp³-hybridized carbons (Fsp3) is 1.00. The summed E-state index contributed by atoms with van der Waals surface area (Å²) in [7, 11) is 0. The van der Waals surface area contributed by atoms with E-state index in [9.17, 15) is 5.11 Å². The summed E-state index contributed by atoms with van der Waals surface area (Å²) in [6, 6.07) is 0. The van der Waals surface area contributed by atoms with E-state index in [1.54, 1.807) is 0 Å². The van der Waals surface area contributed by atoms with Crippen molar-refractivity contribution in [2.24, 2.45) is 5.92 Å². The lowest BCUT2D eigenvalue weighted by atomic mass is 9.85. The second-order valence-corrected chi connectivity index (χ2v) is 3.41. The first-order valence-electron chi connectivity index (χ1n) is 3.95. The second kappa shape index (κ2) is 2.89. The maximum Gasteiger partial charge on any atom is 0.0903 e. The first-order chi connectivity index (χ1) is 4.65. The van der Waals surface area contributed by atoms with Gasteiger partial charge in [-0.05, 0) is 18.8 Å². The molecule has 1 N–H and O–H groups in total. The molecule has 60 valence electrons. The molecule has 1 aliphatic heterocycles. The predicted molar refractivity (Wildman–Crippen MR) is 39.8 cm³/mol. The fourth-order valence-electron chi connectivity index (χ4n) is 1.26. The van der Waals surface area contributed by atoms with Crippen LogP contribution in [0.2, 0.25) is 0 Å². The molecule has 10 heavy (non-hydrogen) atoms. The van der Waals surface area contributed by atoms with Gasteiger partial charge in [-0.1, -0.05) is 13.8 Å². The van der Waals surface area contributed by atoms with Crippen molar-refractivity contribution in [2.45, 2.75) is 32.3 Å². The lowest BCUT2D eigenvalue weighted by molar-refractivity contribution is -0.111.